The lowest BCUT2D eigenvalue weighted by atomic mass is 9.97. The van der Waals surface area contributed by atoms with Gasteiger partial charge in [-0.1, -0.05) is 18.2 Å². The van der Waals surface area contributed by atoms with Crippen LogP contribution >= 0.6 is 0 Å². The summed E-state index contributed by atoms with van der Waals surface area (Å²) < 4.78 is 33.1. The Labute approximate surface area is 155 Å². The maximum atomic E-state index is 13.7. The van der Waals surface area contributed by atoms with E-state index in [4.69, 9.17) is 4.42 Å². The van der Waals surface area contributed by atoms with Gasteiger partial charge in [-0.2, -0.15) is 4.98 Å². The molecule has 0 bridgehead atoms. The van der Waals surface area contributed by atoms with Crippen LogP contribution in [0.15, 0.2) is 46.9 Å². The number of amides is 1. The third kappa shape index (κ3) is 3.63. The molecule has 0 radical (unpaired) electrons. The van der Waals surface area contributed by atoms with Gasteiger partial charge in [-0.05, 0) is 43.0 Å². The third-order valence-electron chi connectivity index (χ3n) is 4.91. The predicted octanol–water partition coefficient (Wildman–Crippen LogP) is 3.75. The van der Waals surface area contributed by atoms with Gasteiger partial charge in [0.15, 0.2) is 5.58 Å². The summed E-state index contributed by atoms with van der Waals surface area (Å²) >= 11 is 0. The Morgan fingerprint density at radius 2 is 1.81 bits per heavy atom. The van der Waals surface area contributed by atoms with E-state index in [1.165, 1.54) is 6.07 Å². The molecule has 0 spiro atoms. The number of rotatable bonds is 4. The van der Waals surface area contributed by atoms with E-state index in [2.05, 4.69) is 15.2 Å². The second kappa shape index (κ2) is 7.34. The molecule has 0 saturated carbocycles. The molecule has 4 rings (SSSR count). The number of nitrogens with zero attached hydrogens (tertiary/aromatic N) is 2. The van der Waals surface area contributed by atoms with Gasteiger partial charge in [0.1, 0.15) is 22.7 Å². The van der Waals surface area contributed by atoms with Crippen LogP contribution < -0.4 is 10.2 Å². The van der Waals surface area contributed by atoms with Gasteiger partial charge in [0.25, 0.3) is 11.9 Å². The lowest BCUT2D eigenvalue weighted by molar-refractivity contribution is 0.0936. The lowest BCUT2D eigenvalue weighted by Gasteiger charge is -2.30. The summed E-state index contributed by atoms with van der Waals surface area (Å²) in [4.78, 5) is 18.7. The molecular formula is C20H19F2N3O2. The zero-order chi connectivity index (χ0) is 18.8. The van der Waals surface area contributed by atoms with Crippen molar-refractivity contribution in [1.82, 2.24) is 10.3 Å². The monoisotopic (exact) mass is 371 g/mol. The fraction of sp³-hybridized carbons (Fsp3) is 0.300. The van der Waals surface area contributed by atoms with Crippen molar-refractivity contribution < 1.29 is 18.0 Å². The minimum atomic E-state index is -0.849. The van der Waals surface area contributed by atoms with Crippen molar-refractivity contribution in [3.8, 4) is 0 Å². The molecule has 2 heterocycles. The summed E-state index contributed by atoms with van der Waals surface area (Å²) in [7, 11) is 0. The number of anilines is 1. The Kier molecular flexibility index (Phi) is 4.75. The van der Waals surface area contributed by atoms with Crippen molar-refractivity contribution >= 4 is 23.0 Å². The smallest absolute Gasteiger partial charge is 0.298 e. The quantitative estimate of drug-likeness (QED) is 0.759. The van der Waals surface area contributed by atoms with E-state index >= 15 is 0 Å². The first-order valence-corrected chi connectivity index (χ1v) is 8.94. The van der Waals surface area contributed by atoms with Crippen LogP contribution in [0.4, 0.5) is 14.8 Å². The van der Waals surface area contributed by atoms with Gasteiger partial charge < -0.3 is 14.6 Å². The van der Waals surface area contributed by atoms with Gasteiger partial charge in [-0.25, -0.2) is 8.78 Å². The molecule has 1 aliphatic heterocycles. The van der Waals surface area contributed by atoms with E-state index in [-0.39, 0.29) is 5.92 Å². The molecule has 3 aromatic rings. The maximum Gasteiger partial charge on any atom is 0.298 e. The van der Waals surface area contributed by atoms with Gasteiger partial charge in [0, 0.05) is 19.6 Å². The standard InChI is InChI=1S/C20H19F2N3O2/c21-14-4-3-5-15(22)18(14)19(26)23-12-13-8-10-25(11-9-13)20-24-16-6-1-2-7-17(16)27-20/h1-7,13H,8-12H2,(H,23,26). The molecule has 5 nitrogen and oxygen atoms in total. The number of carbonyl (C=O) groups excluding carboxylic acids is 1. The minimum absolute atomic E-state index is 0.240. The van der Waals surface area contributed by atoms with Crippen LogP contribution in [0.1, 0.15) is 23.2 Å². The fourth-order valence-electron chi connectivity index (χ4n) is 3.36. The van der Waals surface area contributed by atoms with Crippen LogP contribution in [0.25, 0.3) is 11.1 Å². The number of hydrogen-bond acceptors (Lipinski definition) is 4. The van der Waals surface area contributed by atoms with Crippen molar-refractivity contribution in [2.24, 2.45) is 5.92 Å². The first-order valence-electron chi connectivity index (χ1n) is 8.94. The number of halogens is 2. The van der Waals surface area contributed by atoms with Crippen molar-refractivity contribution in [3.63, 3.8) is 0 Å². The minimum Gasteiger partial charge on any atom is -0.423 e. The largest absolute Gasteiger partial charge is 0.423 e. The lowest BCUT2D eigenvalue weighted by Crippen LogP contribution is -2.39. The SMILES string of the molecule is O=C(NCC1CCN(c2nc3ccccc3o2)CC1)c1c(F)cccc1F. The Bertz CT molecular complexity index is 912. The van der Waals surface area contributed by atoms with Gasteiger partial charge in [0.2, 0.25) is 0 Å². The molecule has 1 N–H and O–H groups in total. The Hall–Kier alpha value is -2.96. The number of nitrogens with one attached hydrogen (secondary N) is 1. The molecule has 1 aromatic heterocycles. The summed E-state index contributed by atoms with van der Waals surface area (Å²) in [5.74, 6) is -2.17. The van der Waals surface area contributed by atoms with Crippen molar-refractivity contribution in [2.45, 2.75) is 12.8 Å². The van der Waals surface area contributed by atoms with Gasteiger partial charge in [-0.3, -0.25) is 4.79 Å². The number of carbonyl (C=O) groups is 1. The molecule has 27 heavy (non-hydrogen) atoms. The number of oxazole rings is 1. The molecule has 7 heteroatoms. The Morgan fingerprint density at radius 1 is 1.11 bits per heavy atom. The number of hydrogen-bond donors (Lipinski definition) is 1. The molecule has 1 fully saturated rings. The van der Waals surface area contributed by atoms with Gasteiger partial charge >= 0.3 is 0 Å². The molecule has 2 aromatic carbocycles. The molecule has 1 saturated heterocycles. The maximum absolute atomic E-state index is 13.7. The highest BCUT2D eigenvalue weighted by Crippen LogP contribution is 2.26. The molecule has 0 aliphatic carbocycles. The van der Waals surface area contributed by atoms with Crippen LogP contribution in [0.2, 0.25) is 0 Å². The average molecular weight is 371 g/mol. The number of para-hydroxylation sites is 2. The highest BCUT2D eigenvalue weighted by Gasteiger charge is 2.24. The number of fused-ring (bicyclic) bond motifs is 1. The highest BCUT2D eigenvalue weighted by molar-refractivity contribution is 5.94. The first-order chi connectivity index (χ1) is 13.1. The Balaban J connectivity index is 1.32. The van der Waals surface area contributed by atoms with Crippen LogP contribution in [-0.2, 0) is 0 Å². The Morgan fingerprint density at radius 3 is 2.52 bits per heavy atom. The van der Waals surface area contributed by atoms with Crippen LogP contribution in [0.3, 0.4) is 0 Å². The second-order valence-electron chi connectivity index (χ2n) is 6.70. The molecular weight excluding hydrogens is 352 g/mol. The molecule has 140 valence electrons. The van der Waals surface area contributed by atoms with Crippen LogP contribution in [0, 0.1) is 17.6 Å². The molecule has 0 unspecified atom stereocenters. The van der Waals surface area contributed by atoms with Crippen molar-refractivity contribution in [3.05, 3.63) is 59.7 Å². The van der Waals surface area contributed by atoms with E-state index in [1.807, 2.05) is 24.3 Å². The van der Waals surface area contributed by atoms with Crippen LogP contribution in [-0.4, -0.2) is 30.5 Å². The first kappa shape index (κ1) is 17.5. The number of aromatic nitrogens is 1. The predicted molar refractivity (Wildman–Crippen MR) is 97.6 cm³/mol. The third-order valence-corrected chi connectivity index (χ3v) is 4.91. The van der Waals surface area contributed by atoms with E-state index in [0.29, 0.717) is 12.6 Å². The molecule has 1 aliphatic rings. The summed E-state index contributed by atoms with van der Waals surface area (Å²) in [5.41, 5.74) is 1.06. The van der Waals surface area contributed by atoms with Crippen molar-refractivity contribution in [2.75, 3.05) is 24.5 Å². The van der Waals surface area contributed by atoms with E-state index in [9.17, 15) is 13.6 Å². The number of piperidine rings is 1. The normalized spacial score (nSPS) is 15.3. The average Bonchev–Trinajstić information content (AvgIpc) is 3.11. The highest BCUT2D eigenvalue weighted by atomic mass is 19.1. The summed E-state index contributed by atoms with van der Waals surface area (Å²) in [6.45, 7) is 1.89. The number of benzene rings is 2. The molecule has 0 atom stereocenters. The molecule has 1 amide bonds. The summed E-state index contributed by atoms with van der Waals surface area (Å²) in [6.07, 6.45) is 1.66. The van der Waals surface area contributed by atoms with Crippen LogP contribution in [0.5, 0.6) is 0 Å². The van der Waals surface area contributed by atoms with Crippen molar-refractivity contribution in [1.29, 1.82) is 0 Å². The summed E-state index contributed by atoms with van der Waals surface area (Å²) in [5, 5.41) is 2.65. The fourth-order valence-corrected chi connectivity index (χ4v) is 3.36. The zero-order valence-corrected chi connectivity index (χ0v) is 14.6. The van der Waals surface area contributed by atoms with E-state index in [1.54, 1.807) is 0 Å². The van der Waals surface area contributed by atoms with Gasteiger partial charge in [0.05, 0.1) is 0 Å². The summed E-state index contributed by atoms with van der Waals surface area (Å²) in [6, 6.07) is 11.6. The topological polar surface area (TPSA) is 58.4 Å². The van der Waals surface area contributed by atoms with E-state index < -0.39 is 23.1 Å². The zero-order valence-electron chi connectivity index (χ0n) is 14.6. The van der Waals surface area contributed by atoms with Gasteiger partial charge in [-0.15, -0.1) is 0 Å². The van der Waals surface area contributed by atoms with E-state index in [0.717, 1.165) is 49.2 Å². The second-order valence-corrected chi connectivity index (χ2v) is 6.70.